The number of fused-ring (bicyclic) bond motifs is 2. The molecule has 0 heterocycles. The summed E-state index contributed by atoms with van der Waals surface area (Å²) in [5.41, 5.74) is 0.973. The predicted molar refractivity (Wildman–Crippen MR) is 109 cm³/mol. The molecule has 3 aromatic rings. The third-order valence-electron chi connectivity index (χ3n) is 4.34. The van der Waals surface area contributed by atoms with Crippen molar-refractivity contribution < 1.29 is 28.9 Å². The van der Waals surface area contributed by atoms with Crippen molar-refractivity contribution in [2.24, 2.45) is 0 Å². The second-order valence-corrected chi connectivity index (χ2v) is 6.36. The first kappa shape index (κ1) is 20.6. The van der Waals surface area contributed by atoms with Gasteiger partial charge in [0, 0.05) is 12.1 Å². The molecular formula is C22H23NO6. The molecule has 2 N–H and O–H groups in total. The number of benzene rings is 3. The maximum atomic E-state index is 12.0. The molecule has 0 bridgehead atoms. The zero-order valence-corrected chi connectivity index (χ0v) is 15.9. The van der Waals surface area contributed by atoms with Crippen LogP contribution in [0.15, 0.2) is 54.6 Å². The van der Waals surface area contributed by atoms with Crippen LogP contribution in [0.5, 0.6) is 0 Å². The van der Waals surface area contributed by atoms with E-state index in [0.29, 0.717) is 0 Å². The van der Waals surface area contributed by atoms with Crippen molar-refractivity contribution in [1.29, 1.82) is 0 Å². The number of ether oxygens (including phenoxy) is 3. The highest BCUT2D eigenvalue weighted by atomic mass is 16.6. The van der Waals surface area contributed by atoms with Gasteiger partial charge in [-0.1, -0.05) is 48.5 Å². The van der Waals surface area contributed by atoms with E-state index in [1.807, 2.05) is 48.5 Å². The minimum Gasteiger partial charge on any atom is -0.480 e. The number of carbonyl (C=O) groups is 2. The number of carboxylic acid groups (broad SMARTS) is 1. The van der Waals surface area contributed by atoms with Crippen molar-refractivity contribution in [3.63, 3.8) is 0 Å². The fraction of sp³-hybridized carbons (Fsp3) is 0.273. The molecular weight excluding hydrogens is 374 g/mol. The van der Waals surface area contributed by atoms with Crippen LogP contribution in [0, 0.1) is 0 Å². The molecule has 3 rings (SSSR count). The third kappa shape index (κ3) is 5.91. The van der Waals surface area contributed by atoms with E-state index in [0.717, 1.165) is 27.1 Å². The zero-order chi connectivity index (χ0) is 20.5. The first-order chi connectivity index (χ1) is 14.1. The predicted octanol–water partition coefficient (Wildman–Crippen LogP) is 3.34. The summed E-state index contributed by atoms with van der Waals surface area (Å²) in [6.07, 6.45) is -0.521. The second-order valence-electron chi connectivity index (χ2n) is 6.36. The van der Waals surface area contributed by atoms with E-state index in [2.05, 4.69) is 11.4 Å². The van der Waals surface area contributed by atoms with Gasteiger partial charge in [0.1, 0.15) is 13.2 Å². The van der Waals surface area contributed by atoms with Gasteiger partial charge in [-0.2, -0.15) is 0 Å². The molecule has 0 atom stereocenters. The summed E-state index contributed by atoms with van der Waals surface area (Å²) < 4.78 is 15.5. The smallest absolute Gasteiger partial charge is 0.407 e. The minimum atomic E-state index is -1.02. The monoisotopic (exact) mass is 397 g/mol. The Kier molecular flexibility index (Phi) is 7.38. The summed E-state index contributed by atoms with van der Waals surface area (Å²) in [6, 6.07) is 18.2. The zero-order valence-electron chi connectivity index (χ0n) is 15.9. The molecule has 3 aromatic carbocycles. The lowest BCUT2D eigenvalue weighted by molar-refractivity contribution is -0.142. The van der Waals surface area contributed by atoms with Gasteiger partial charge in [-0.05, 0) is 27.6 Å². The Balaban J connectivity index is 1.49. The van der Waals surface area contributed by atoms with E-state index >= 15 is 0 Å². The van der Waals surface area contributed by atoms with Gasteiger partial charge >= 0.3 is 12.1 Å². The molecule has 0 aliphatic carbocycles. The molecule has 0 saturated carbocycles. The number of amides is 1. The molecule has 0 aliphatic heterocycles. The van der Waals surface area contributed by atoms with E-state index in [1.165, 1.54) is 0 Å². The van der Waals surface area contributed by atoms with Crippen molar-refractivity contribution >= 4 is 33.6 Å². The summed E-state index contributed by atoms with van der Waals surface area (Å²) >= 11 is 0. The van der Waals surface area contributed by atoms with Crippen molar-refractivity contribution in [3.8, 4) is 0 Å². The largest absolute Gasteiger partial charge is 0.480 e. The number of rotatable bonds is 10. The van der Waals surface area contributed by atoms with E-state index < -0.39 is 12.1 Å². The maximum Gasteiger partial charge on any atom is 0.407 e. The summed E-state index contributed by atoms with van der Waals surface area (Å²) in [4.78, 5) is 22.3. The second kappa shape index (κ2) is 10.4. The summed E-state index contributed by atoms with van der Waals surface area (Å²) in [5, 5.41) is 15.4. The van der Waals surface area contributed by atoms with Gasteiger partial charge in [-0.25, -0.2) is 9.59 Å². The maximum absolute atomic E-state index is 12.0. The van der Waals surface area contributed by atoms with Gasteiger partial charge in [0.15, 0.2) is 0 Å². The van der Waals surface area contributed by atoms with Gasteiger partial charge < -0.3 is 24.6 Å². The molecule has 0 unspecified atom stereocenters. The highest BCUT2D eigenvalue weighted by molar-refractivity contribution is 6.02. The fourth-order valence-electron chi connectivity index (χ4n) is 3.06. The van der Waals surface area contributed by atoms with Crippen LogP contribution in [0.25, 0.3) is 21.5 Å². The molecule has 152 valence electrons. The topological polar surface area (TPSA) is 94.1 Å². The lowest BCUT2D eigenvalue weighted by Crippen LogP contribution is -2.28. The van der Waals surface area contributed by atoms with Crippen LogP contribution in [0.4, 0.5) is 4.79 Å². The van der Waals surface area contributed by atoms with Crippen LogP contribution in [0.3, 0.4) is 0 Å². The third-order valence-corrected chi connectivity index (χ3v) is 4.34. The van der Waals surface area contributed by atoms with Gasteiger partial charge in [-0.3, -0.25) is 0 Å². The van der Waals surface area contributed by atoms with Crippen LogP contribution in [0.2, 0.25) is 0 Å². The average molecular weight is 397 g/mol. The van der Waals surface area contributed by atoms with Crippen molar-refractivity contribution in [2.75, 3.05) is 33.0 Å². The van der Waals surface area contributed by atoms with Crippen LogP contribution in [-0.4, -0.2) is 50.1 Å². The molecule has 0 saturated heterocycles. The molecule has 0 aromatic heterocycles. The van der Waals surface area contributed by atoms with Gasteiger partial charge in [0.05, 0.1) is 19.8 Å². The summed E-state index contributed by atoms with van der Waals surface area (Å²) in [5.74, 6) is -1.02. The van der Waals surface area contributed by atoms with E-state index in [-0.39, 0.29) is 39.6 Å². The molecule has 1 amide bonds. The standard InChI is InChI=1S/C22H23NO6/c24-21(25)15-28-12-11-27-10-9-23-22(26)29-14-20-18-7-3-1-5-16(18)13-17-6-2-4-8-19(17)20/h1-8,13H,9-12,14-15H2,(H,23,26)(H,24,25). The Morgan fingerprint density at radius 1 is 0.862 bits per heavy atom. The number of nitrogens with one attached hydrogen (secondary N) is 1. The lowest BCUT2D eigenvalue weighted by atomic mass is 9.97. The van der Waals surface area contributed by atoms with Gasteiger partial charge in [0.2, 0.25) is 0 Å². The summed E-state index contributed by atoms with van der Waals surface area (Å²) in [7, 11) is 0. The molecule has 29 heavy (non-hydrogen) atoms. The molecule has 7 nitrogen and oxygen atoms in total. The molecule has 0 spiro atoms. The molecule has 0 aliphatic rings. The molecule has 7 heteroatoms. The average Bonchev–Trinajstić information content (AvgIpc) is 2.72. The number of hydrogen-bond acceptors (Lipinski definition) is 5. The number of alkyl carbamates (subject to hydrolysis) is 1. The highest BCUT2D eigenvalue weighted by Crippen LogP contribution is 2.28. The van der Waals surface area contributed by atoms with Crippen molar-refractivity contribution in [1.82, 2.24) is 5.32 Å². The van der Waals surface area contributed by atoms with Gasteiger partial charge in [-0.15, -0.1) is 0 Å². The number of aliphatic carboxylic acids is 1. The van der Waals surface area contributed by atoms with Crippen LogP contribution in [0.1, 0.15) is 5.56 Å². The van der Waals surface area contributed by atoms with E-state index in [4.69, 9.17) is 19.3 Å². The van der Waals surface area contributed by atoms with Gasteiger partial charge in [0.25, 0.3) is 0 Å². The number of carbonyl (C=O) groups excluding carboxylic acids is 1. The highest BCUT2D eigenvalue weighted by Gasteiger charge is 2.10. The Morgan fingerprint density at radius 2 is 1.48 bits per heavy atom. The quantitative estimate of drug-likeness (QED) is 0.403. The Labute approximate surface area is 168 Å². The van der Waals surface area contributed by atoms with Crippen LogP contribution in [-0.2, 0) is 25.6 Å². The first-order valence-corrected chi connectivity index (χ1v) is 9.32. The number of hydrogen-bond donors (Lipinski definition) is 2. The Morgan fingerprint density at radius 3 is 2.14 bits per heavy atom. The Hall–Kier alpha value is -3.16. The molecule has 0 radical (unpaired) electrons. The lowest BCUT2D eigenvalue weighted by Gasteiger charge is -2.13. The fourth-order valence-corrected chi connectivity index (χ4v) is 3.06. The van der Waals surface area contributed by atoms with Crippen LogP contribution >= 0.6 is 0 Å². The SMILES string of the molecule is O=C(O)COCCOCCNC(=O)OCc1c2ccccc2cc2ccccc12. The Bertz CT molecular complexity index is 933. The van der Waals surface area contributed by atoms with E-state index in [1.54, 1.807) is 0 Å². The van der Waals surface area contributed by atoms with Crippen molar-refractivity contribution in [3.05, 3.63) is 60.2 Å². The van der Waals surface area contributed by atoms with Crippen molar-refractivity contribution in [2.45, 2.75) is 6.61 Å². The number of carboxylic acids is 1. The normalized spacial score (nSPS) is 10.9. The van der Waals surface area contributed by atoms with E-state index in [9.17, 15) is 9.59 Å². The minimum absolute atomic E-state index is 0.164. The molecule has 0 fully saturated rings. The van der Waals surface area contributed by atoms with Crippen LogP contribution < -0.4 is 5.32 Å². The first-order valence-electron chi connectivity index (χ1n) is 9.32. The summed E-state index contributed by atoms with van der Waals surface area (Å²) in [6.45, 7) is 0.821.